The Labute approximate surface area is 111 Å². The Morgan fingerprint density at radius 1 is 1.41 bits per heavy atom. The van der Waals surface area contributed by atoms with Crippen LogP contribution in [-0.2, 0) is 0 Å². The first kappa shape index (κ1) is 14.0. The lowest BCUT2D eigenvalue weighted by Crippen LogP contribution is -2.45. The van der Waals surface area contributed by atoms with Gasteiger partial charge in [0.15, 0.2) is 0 Å². The molecule has 0 aromatic heterocycles. The predicted molar refractivity (Wildman–Crippen MR) is 75.1 cm³/mol. The Kier molecular flexibility index (Phi) is 4.52. The third-order valence-corrected chi connectivity index (χ3v) is 3.16. The van der Waals surface area contributed by atoms with Crippen molar-refractivity contribution in [2.75, 3.05) is 6.54 Å². The fourth-order valence-electron chi connectivity index (χ4n) is 1.57. The molecule has 0 aliphatic heterocycles. The van der Waals surface area contributed by atoms with Gasteiger partial charge in [-0.05, 0) is 48.8 Å². The second-order valence-corrected chi connectivity index (χ2v) is 5.71. The maximum absolute atomic E-state index is 12.5. The van der Waals surface area contributed by atoms with Gasteiger partial charge in [-0.25, -0.2) is 0 Å². The third-order valence-electron chi connectivity index (χ3n) is 2.47. The molecule has 92 valence electrons. The SMILES string of the molecule is C=CCN(C(=O)c1ccccc1Br)C(C)(C)C. The summed E-state index contributed by atoms with van der Waals surface area (Å²) in [5, 5.41) is 0. The topological polar surface area (TPSA) is 20.3 Å². The van der Waals surface area contributed by atoms with E-state index in [0.29, 0.717) is 12.1 Å². The second-order valence-electron chi connectivity index (χ2n) is 4.86. The van der Waals surface area contributed by atoms with Gasteiger partial charge in [0.2, 0.25) is 0 Å². The third kappa shape index (κ3) is 3.43. The summed E-state index contributed by atoms with van der Waals surface area (Å²) in [6, 6.07) is 7.47. The van der Waals surface area contributed by atoms with E-state index in [1.165, 1.54) is 0 Å². The van der Waals surface area contributed by atoms with E-state index in [1.54, 1.807) is 11.0 Å². The highest BCUT2D eigenvalue weighted by Gasteiger charge is 2.27. The van der Waals surface area contributed by atoms with Crippen molar-refractivity contribution in [2.24, 2.45) is 0 Å². The fraction of sp³-hybridized carbons (Fsp3) is 0.357. The van der Waals surface area contributed by atoms with Crippen molar-refractivity contribution in [2.45, 2.75) is 26.3 Å². The van der Waals surface area contributed by atoms with E-state index in [-0.39, 0.29) is 11.4 Å². The first-order valence-electron chi connectivity index (χ1n) is 5.55. The smallest absolute Gasteiger partial charge is 0.255 e. The number of carbonyl (C=O) groups excluding carboxylic acids is 1. The first-order valence-corrected chi connectivity index (χ1v) is 6.34. The van der Waals surface area contributed by atoms with Crippen LogP contribution in [-0.4, -0.2) is 22.9 Å². The monoisotopic (exact) mass is 295 g/mol. The first-order chi connectivity index (χ1) is 7.88. The Morgan fingerprint density at radius 2 is 2.00 bits per heavy atom. The van der Waals surface area contributed by atoms with Crippen LogP contribution >= 0.6 is 15.9 Å². The van der Waals surface area contributed by atoms with Crippen LogP contribution in [0.2, 0.25) is 0 Å². The molecule has 0 spiro atoms. The number of carbonyl (C=O) groups is 1. The summed E-state index contributed by atoms with van der Waals surface area (Å²) in [4.78, 5) is 14.3. The van der Waals surface area contributed by atoms with Crippen LogP contribution in [0.15, 0.2) is 41.4 Å². The highest BCUT2D eigenvalue weighted by Crippen LogP contribution is 2.22. The zero-order valence-corrected chi connectivity index (χ0v) is 12.1. The number of halogens is 1. The van der Waals surface area contributed by atoms with E-state index in [4.69, 9.17) is 0 Å². The van der Waals surface area contributed by atoms with Gasteiger partial charge >= 0.3 is 0 Å². The van der Waals surface area contributed by atoms with Gasteiger partial charge in [0.25, 0.3) is 5.91 Å². The molecular weight excluding hydrogens is 278 g/mol. The van der Waals surface area contributed by atoms with Crippen LogP contribution in [0.3, 0.4) is 0 Å². The van der Waals surface area contributed by atoms with E-state index in [9.17, 15) is 4.79 Å². The molecule has 1 aromatic carbocycles. The molecule has 17 heavy (non-hydrogen) atoms. The van der Waals surface area contributed by atoms with Crippen molar-refractivity contribution in [3.8, 4) is 0 Å². The largest absolute Gasteiger partial charge is 0.330 e. The summed E-state index contributed by atoms with van der Waals surface area (Å²) in [6.45, 7) is 10.3. The average molecular weight is 296 g/mol. The molecule has 0 heterocycles. The van der Waals surface area contributed by atoms with Crippen molar-refractivity contribution < 1.29 is 4.79 Å². The zero-order chi connectivity index (χ0) is 13.1. The maximum atomic E-state index is 12.5. The number of hydrogen-bond donors (Lipinski definition) is 0. The lowest BCUT2D eigenvalue weighted by molar-refractivity contribution is 0.0615. The van der Waals surface area contributed by atoms with Crippen molar-refractivity contribution in [1.29, 1.82) is 0 Å². The van der Waals surface area contributed by atoms with Gasteiger partial charge in [-0.2, -0.15) is 0 Å². The molecule has 0 unspecified atom stereocenters. The molecule has 0 radical (unpaired) electrons. The molecule has 2 nitrogen and oxygen atoms in total. The summed E-state index contributed by atoms with van der Waals surface area (Å²) in [5.41, 5.74) is 0.463. The van der Waals surface area contributed by atoms with Gasteiger partial charge in [0.05, 0.1) is 5.56 Å². The van der Waals surface area contributed by atoms with Gasteiger partial charge in [-0.1, -0.05) is 18.2 Å². The van der Waals surface area contributed by atoms with Crippen LogP contribution in [0, 0.1) is 0 Å². The van der Waals surface area contributed by atoms with E-state index < -0.39 is 0 Å². The van der Waals surface area contributed by atoms with E-state index in [0.717, 1.165) is 4.47 Å². The molecule has 1 rings (SSSR count). The van der Waals surface area contributed by atoms with Crippen LogP contribution in [0.5, 0.6) is 0 Å². The minimum absolute atomic E-state index is 0.0184. The zero-order valence-electron chi connectivity index (χ0n) is 10.5. The number of amides is 1. The minimum atomic E-state index is -0.222. The number of benzene rings is 1. The fourth-order valence-corrected chi connectivity index (χ4v) is 2.02. The molecule has 0 bridgehead atoms. The van der Waals surface area contributed by atoms with Crippen molar-refractivity contribution in [1.82, 2.24) is 4.90 Å². The summed E-state index contributed by atoms with van der Waals surface area (Å²) in [7, 11) is 0. The quantitative estimate of drug-likeness (QED) is 0.775. The van der Waals surface area contributed by atoms with E-state index >= 15 is 0 Å². The number of hydrogen-bond acceptors (Lipinski definition) is 1. The van der Waals surface area contributed by atoms with Crippen molar-refractivity contribution >= 4 is 21.8 Å². The van der Waals surface area contributed by atoms with Crippen molar-refractivity contribution in [3.05, 3.63) is 47.0 Å². The summed E-state index contributed by atoms with van der Waals surface area (Å²) < 4.78 is 0.823. The van der Waals surface area contributed by atoms with Gasteiger partial charge < -0.3 is 4.90 Å². The molecule has 0 N–H and O–H groups in total. The highest BCUT2D eigenvalue weighted by molar-refractivity contribution is 9.10. The summed E-state index contributed by atoms with van der Waals surface area (Å²) in [6.07, 6.45) is 1.75. The highest BCUT2D eigenvalue weighted by atomic mass is 79.9. The Balaban J connectivity index is 3.09. The van der Waals surface area contributed by atoms with E-state index in [1.807, 2.05) is 45.0 Å². The van der Waals surface area contributed by atoms with Gasteiger partial charge in [-0.15, -0.1) is 6.58 Å². The second kappa shape index (κ2) is 5.50. The lowest BCUT2D eigenvalue weighted by Gasteiger charge is -2.35. The Hall–Kier alpha value is -1.09. The van der Waals surface area contributed by atoms with Gasteiger partial charge in [0.1, 0.15) is 0 Å². The minimum Gasteiger partial charge on any atom is -0.330 e. The molecule has 0 fully saturated rings. The normalized spacial score (nSPS) is 11.1. The van der Waals surface area contributed by atoms with Crippen molar-refractivity contribution in [3.63, 3.8) is 0 Å². The summed E-state index contributed by atoms with van der Waals surface area (Å²) in [5.74, 6) is 0.0184. The van der Waals surface area contributed by atoms with Crippen LogP contribution in [0.1, 0.15) is 31.1 Å². The Morgan fingerprint density at radius 3 is 2.47 bits per heavy atom. The molecule has 0 saturated carbocycles. The molecule has 0 saturated heterocycles. The molecule has 1 aromatic rings. The summed E-state index contributed by atoms with van der Waals surface area (Å²) >= 11 is 3.41. The molecule has 0 aliphatic rings. The molecule has 3 heteroatoms. The van der Waals surface area contributed by atoms with Crippen LogP contribution < -0.4 is 0 Å². The Bertz CT molecular complexity index is 420. The lowest BCUT2D eigenvalue weighted by atomic mass is 10.0. The number of rotatable bonds is 3. The molecule has 1 amide bonds. The van der Waals surface area contributed by atoms with E-state index in [2.05, 4.69) is 22.5 Å². The predicted octanol–water partition coefficient (Wildman–Crippen LogP) is 3.88. The molecule has 0 atom stereocenters. The standard InChI is InChI=1S/C14H18BrNO/c1-5-10-16(14(2,3)4)13(17)11-8-6-7-9-12(11)15/h5-9H,1,10H2,2-4H3. The molecular formula is C14H18BrNO. The number of nitrogens with zero attached hydrogens (tertiary/aromatic N) is 1. The molecule has 0 aliphatic carbocycles. The average Bonchev–Trinajstić information content (AvgIpc) is 2.24. The van der Waals surface area contributed by atoms with Crippen LogP contribution in [0.25, 0.3) is 0 Å². The van der Waals surface area contributed by atoms with Crippen LogP contribution in [0.4, 0.5) is 0 Å². The van der Waals surface area contributed by atoms with Gasteiger partial charge in [-0.3, -0.25) is 4.79 Å². The van der Waals surface area contributed by atoms with Gasteiger partial charge in [0, 0.05) is 16.6 Å². The maximum Gasteiger partial charge on any atom is 0.255 e.